The smallest absolute Gasteiger partial charge is 0.138 e. The maximum atomic E-state index is 6.00. The molecule has 3 heterocycles. The molecule has 9 aromatic carbocycles. The van der Waals surface area contributed by atoms with E-state index in [1.54, 1.807) is 6.20 Å². The number of allylic oxidation sites excluding steroid dienone is 5. The lowest BCUT2D eigenvalue weighted by molar-refractivity contribution is 1.07. The summed E-state index contributed by atoms with van der Waals surface area (Å²) in [6.07, 6.45) is 9.56. The first-order valence-electron chi connectivity index (χ1n) is 25.6. The van der Waals surface area contributed by atoms with E-state index in [0.717, 1.165) is 83.4 Å². The van der Waals surface area contributed by atoms with Crippen LogP contribution >= 0.6 is 11.3 Å². The second-order valence-electron chi connectivity index (χ2n) is 17.8. The summed E-state index contributed by atoms with van der Waals surface area (Å²) in [5.74, 6) is 0.820. The molecule has 12 rings (SSSR count). The van der Waals surface area contributed by atoms with E-state index in [4.69, 9.17) is 10.7 Å². The van der Waals surface area contributed by atoms with E-state index in [1.807, 2.05) is 64.2 Å². The highest BCUT2D eigenvalue weighted by Crippen LogP contribution is 2.54. The number of hydrogen-bond acceptors (Lipinski definition) is 3. The van der Waals surface area contributed by atoms with Crippen molar-refractivity contribution in [2.75, 3.05) is 0 Å². The molecule has 3 nitrogen and oxygen atoms in total. The number of aromatic nitrogens is 2. The molecule has 0 saturated carbocycles. The SMILES string of the molecule is C/C=C(\C=C/N)c1cccc(-n2c3ccc(-c4cccc(-c5cccc6c5sc5ccccc56)c4)cc3c3c(-c4ccccc4)c(-c4ccccc4)c(-c4ccccc4)c(-c4ccccc4)c32)n1.C/C=C\C.CC. The molecule has 0 aliphatic heterocycles. The van der Waals surface area contributed by atoms with E-state index in [-0.39, 0.29) is 0 Å². The van der Waals surface area contributed by atoms with Gasteiger partial charge in [-0.15, -0.1) is 11.3 Å². The van der Waals surface area contributed by atoms with Crippen LogP contribution in [-0.4, -0.2) is 9.55 Å². The summed E-state index contributed by atoms with van der Waals surface area (Å²) in [5.41, 5.74) is 23.9. The minimum Gasteiger partial charge on any atom is -0.405 e. The highest BCUT2D eigenvalue weighted by molar-refractivity contribution is 7.26. The van der Waals surface area contributed by atoms with Gasteiger partial charge in [0.05, 0.1) is 16.7 Å². The highest BCUT2D eigenvalue weighted by Gasteiger charge is 2.29. The molecule has 2 N–H and O–H groups in total. The monoisotopic (exact) mass is 973 g/mol. The van der Waals surface area contributed by atoms with Gasteiger partial charge in [-0.3, -0.25) is 4.57 Å². The van der Waals surface area contributed by atoms with E-state index >= 15 is 0 Å². The molecule has 0 spiro atoms. The van der Waals surface area contributed by atoms with Crippen LogP contribution in [0.4, 0.5) is 0 Å². The van der Waals surface area contributed by atoms with Crippen LogP contribution in [0.3, 0.4) is 0 Å². The zero-order valence-electron chi connectivity index (χ0n) is 42.6. The molecular formula is C70H59N3S. The van der Waals surface area contributed by atoms with Crippen LogP contribution in [0.1, 0.15) is 40.3 Å². The Morgan fingerprint density at radius 2 is 0.973 bits per heavy atom. The summed E-state index contributed by atoms with van der Waals surface area (Å²) in [6, 6.07) is 81.6. The van der Waals surface area contributed by atoms with E-state index in [2.05, 4.69) is 235 Å². The molecule has 0 radical (unpaired) electrons. The average Bonchev–Trinajstić information content (AvgIpc) is 4.05. The predicted octanol–water partition coefficient (Wildman–Crippen LogP) is 20.0. The second-order valence-corrected chi connectivity index (χ2v) is 18.8. The van der Waals surface area contributed by atoms with Gasteiger partial charge in [-0.1, -0.05) is 220 Å². The number of rotatable bonds is 9. The number of thiophene rings is 1. The van der Waals surface area contributed by atoms with Crippen molar-refractivity contribution < 1.29 is 0 Å². The summed E-state index contributed by atoms with van der Waals surface area (Å²) < 4.78 is 5.03. The molecule has 0 fully saturated rings. The van der Waals surface area contributed by atoms with Crippen LogP contribution in [-0.2, 0) is 0 Å². The fourth-order valence-corrected chi connectivity index (χ4v) is 11.5. The quantitative estimate of drug-likeness (QED) is 0.116. The van der Waals surface area contributed by atoms with Crippen LogP contribution in [0, 0.1) is 0 Å². The van der Waals surface area contributed by atoms with Gasteiger partial charge in [-0.2, -0.15) is 0 Å². The molecule has 0 aliphatic carbocycles. The Bertz CT molecular complexity index is 3990. The van der Waals surface area contributed by atoms with Gasteiger partial charge in [0.1, 0.15) is 5.82 Å². The normalized spacial score (nSPS) is 11.6. The highest BCUT2D eigenvalue weighted by atomic mass is 32.1. The second kappa shape index (κ2) is 22.3. The standard InChI is InChI=1S/C64H45N3S.C4H8.C2H6/c1-2-42(38-39-65)54-33-19-35-57(66-54)67-55-37-36-48(47-28-17-29-49(40-47)50-31-18-32-52-51-30-15-16-34-56(51)68-64(50)52)41-53(55)62-60(45-24-11-5-12-25-45)58(43-20-7-3-8-21-43)59(44-22-9-4-10-23-44)61(63(62)67)46-26-13-6-14-27-46;1-3-4-2;1-2/h2-41H,65H2,1H3;3-4H,1-2H3;1-2H3/b39-38-,42-2+;4-3-;. The van der Waals surface area contributed by atoms with Crippen molar-refractivity contribution in [3.63, 3.8) is 0 Å². The maximum absolute atomic E-state index is 6.00. The van der Waals surface area contributed by atoms with Crippen molar-refractivity contribution in [1.82, 2.24) is 9.55 Å². The van der Waals surface area contributed by atoms with Crippen LogP contribution in [0.2, 0.25) is 0 Å². The molecule has 360 valence electrons. The third-order valence-corrected chi connectivity index (χ3v) is 14.8. The molecular weight excluding hydrogens is 915 g/mol. The van der Waals surface area contributed by atoms with E-state index < -0.39 is 0 Å². The summed E-state index contributed by atoms with van der Waals surface area (Å²) in [7, 11) is 0. The van der Waals surface area contributed by atoms with E-state index in [1.165, 1.54) is 42.4 Å². The molecule has 74 heavy (non-hydrogen) atoms. The first-order chi connectivity index (χ1) is 36.6. The Kier molecular flexibility index (Phi) is 14.7. The minimum absolute atomic E-state index is 0.820. The number of hydrogen-bond donors (Lipinski definition) is 1. The van der Waals surface area contributed by atoms with Crippen molar-refractivity contribution in [2.45, 2.75) is 34.6 Å². The number of nitrogens with two attached hydrogens (primary N) is 1. The van der Waals surface area contributed by atoms with Gasteiger partial charge in [-0.25, -0.2) is 4.98 Å². The van der Waals surface area contributed by atoms with Crippen LogP contribution < -0.4 is 5.73 Å². The molecule has 0 aliphatic rings. The zero-order chi connectivity index (χ0) is 51.0. The fourth-order valence-electron chi connectivity index (χ4n) is 10.2. The largest absolute Gasteiger partial charge is 0.405 e. The van der Waals surface area contributed by atoms with Crippen LogP contribution in [0.5, 0.6) is 0 Å². The van der Waals surface area contributed by atoms with Gasteiger partial charge in [0.2, 0.25) is 0 Å². The van der Waals surface area contributed by atoms with Crippen molar-refractivity contribution in [3.8, 4) is 72.6 Å². The first-order valence-corrected chi connectivity index (χ1v) is 26.4. The van der Waals surface area contributed by atoms with E-state index in [9.17, 15) is 0 Å². The van der Waals surface area contributed by atoms with Crippen molar-refractivity contribution >= 4 is 58.9 Å². The van der Waals surface area contributed by atoms with Crippen molar-refractivity contribution in [2.24, 2.45) is 5.73 Å². The minimum atomic E-state index is 0.820. The van der Waals surface area contributed by atoms with Gasteiger partial charge in [-0.05, 0) is 125 Å². The lowest BCUT2D eigenvalue weighted by Crippen LogP contribution is -2.03. The van der Waals surface area contributed by atoms with Gasteiger partial charge < -0.3 is 5.73 Å². The third kappa shape index (κ3) is 9.17. The topological polar surface area (TPSA) is 43.8 Å². The Morgan fingerprint density at radius 1 is 0.459 bits per heavy atom. The molecule has 0 unspecified atom stereocenters. The number of fused-ring (bicyclic) bond motifs is 6. The van der Waals surface area contributed by atoms with Gasteiger partial charge in [0.15, 0.2) is 0 Å². The fraction of sp³-hybridized carbons (Fsp3) is 0.0714. The Labute approximate surface area is 439 Å². The van der Waals surface area contributed by atoms with Crippen LogP contribution in [0.15, 0.2) is 255 Å². The summed E-state index contributed by atoms with van der Waals surface area (Å²) in [6.45, 7) is 10.0. The molecule has 3 aromatic heterocycles. The molecule has 0 amide bonds. The average molecular weight is 974 g/mol. The Morgan fingerprint density at radius 3 is 1.59 bits per heavy atom. The number of nitrogens with zero attached hydrogens (tertiary/aromatic N) is 2. The summed E-state index contributed by atoms with van der Waals surface area (Å²) in [4.78, 5) is 5.48. The van der Waals surface area contributed by atoms with Crippen LogP contribution in [0.25, 0.3) is 120 Å². The Balaban J connectivity index is 0.000000998. The predicted molar refractivity (Wildman–Crippen MR) is 323 cm³/mol. The first kappa shape index (κ1) is 48.8. The maximum Gasteiger partial charge on any atom is 0.138 e. The molecule has 0 bridgehead atoms. The lowest BCUT2D eigenvalue weighted by Gasteiger charge is -2.24. The molecule has 4 heteroatoms. The zero-order valence-corrected chi connectivity index (χ0v) is 43.4. The third-order valence-electron chi connectivity index (χ3n) is 13.5. The summed E-state index contributed by atoms with van der Waals surface area (Å²) >= 11 is 1.87. The van der Waals surface area contributed by atoms with Crippen molar-refractivity contribution in [1.29, 1.82) is 0 Å². The summed E-state index contributed by atoms with van der Waals surface area (Å²) in [5, 5.41) is 4.91. The lowest BCUT2D eigenvalue weighted by atomic mass is 9.80. The Hall–Kier alpha value is -8.83. The van der Waals surface area contributed by atoms with E-state index in [0.29, 0.717) is 0 Å². The number of benzene rings is 9. The number of pyridine rings is 1. The van der Waals surface area contributed by atoms with Gasteiger partial charge >= 0.3 is 0 Å². The van der Waals surface area contributed by atoms with Crippen molar-refractivity contribution in [3.05, 3.63) is 261 Å². The molecule has 12 aromatic rings. The molecule has 0 saturated heterocycles. The van der Waals surface area contributed by atoms with Gasteiger partial charge in [0, 0.05) is 47.6 Å². The van der Waals surface area contributed by atoms with Gasteiger partial charge in [0.25, 0.3) is 0 Å². The molecule has 0 atom stereocenters.